The molecule has 0 aliphatic heterocycles. The Kier molecular flexibility index (Phi) is 2.06. The molecule has 0 atom stereocenters. The Labute approximate surface area is 84.8 Å². The second-order valence-electron chi connectivity index (χ2n) is 2.95. The van der Waals surface area contributed by atoms with Gasteiger partial charge in [0, 0.05) is 0 Å². The summed E-state index contributed by atoms with van der Waals surface area (Å²) < 4.78 is 22.0. The fourth-order valence-electron chi connectivity index (χ4n) is 1.25. The Balaban J connectivity index is 2.95. The molecule has 1 aromatic heterocycles. The predicted octanol–water partition coefficient (Wildman–Crippen LogP) is -0.429. The van der Waals surface area contributed by atoms with Gasteiger partial charge in [0.2, 0.25) is 10.5 Å². The van der Waals surface area contributed by atoms with Gasteiger partial charge in [0.15, 0.2) is 0 Å². The zero-order valence-corrected chi connectivity index (χ0v) is 8.28. The van der Waals surface area contributed by atoms with Crippen LogP contribution in [0.25, 0.3) is 10.9 Å². The second kappa shape index (κ2) is 3.14. The predicted molar refractivity (Wildman–Crippen MR) is 53.7 cm³/mol. The van der Waals surface area contributed by atoms with Crippen molar-refractivity contribution in [3.63, 3.8) is 0 Å². The van der Waals surface area contributed by atoms with E-state index in [2.05, 4.69) is 10.2 Å². The Morgan fingerprint density at radius 2 is 1.93 bits per heavy atom. The summed E-state index contributed by atoms with van der Waals surface area (Å²) >= 11 is 0. The van der Waals surface area contributed by atoms with Crippen LogP contribution >= 0.6 is 0 Å². The Hall–Kier alpha value is -1.73. The van der Waals surface area contributed by atoms with Gasteiger partial charge in [0.05, 0.1) is 10.9 Å². The van der Waals surface area contributed by atoms with Crippen molar-refractivity contribution in [3.8, 4) is 0 Å². The molecule has 0 saturated carbocycles. The number of aromatic nitrogens is 2. The number of fused-ring (bicyclic) bond motifs is 1. The molecule has 1 heterocycles. The topological polar surface area (TPSA) is 106 Å². The highest BCUT2D eigenvalue weighted by Crippen LogP contribution is 2.06. The van der Waals surface area contributed by atoms with Gasteiger partial charge in [-0.15, -0.1) is 0 Å². The molecule has 0 saturated heterocycles. The maximum Gasteiger partial charge on any atom is 0.261 e. The summed E-state index contributed by atoms with van der Waals surface area (Å²) in [6.07, 6.45) is 0. The minimum atomic E-state index is -4.08. The van der Waals surface area contributed by atoms with Crippen molar-refractivity contribution in [2.24, 2.45) is 5.14 Å². The van der Waals surface area contributed by atoms with E-state index in [9.17, 15) is 13.2 Å². The molecule has 0 spiro atoms. The second-order valence-corrected chi connectivity index (χ2v) is 4.43. The number of H-pyrrole nitrogens is 1. The Morgan fingerprint density at radius 3 is 2.60 bits per heavy atom. The lowest BCUT2D eigenvalue weighted by atomic mass is 10.2. The first-order chi connectivity index (χ1) is 7.00. The fraction of sp³-hybridized carbons (Fsp3) is 0. The van der Waals surface area contributed by atoms with Crippen LogP contribution in [0.5, 0.6) is 0 Å². The molecule has 0 bridgehead atoms. The third kappa shape index (κ3) is 1.62. The van der Waals surface area contributed by atoms with Crippen LogP contribution in [0.15, 0.2) is 34.1 Å². The zero-order chi connectivity index (χ0) is 11.1. The minimum absolute atomic E-state index is 0.247. The molecule has 2 aromatic rings. The largest absolute Gasteiger partial charge is 0.286 e. The standard InChI is InChI=1S/C8H7N3O3S/c9-15(13,14)8-7(12)5-3-1-2-4-6(5)10-11-8/h1-4H,(H,10,12)(H2,9,13,14). The van der Waals surface area contributed by atoms with Crippen LogP contribution in [0.4, 0.5) is 0 Å². The summed E-state index contributed by atoms with van der Waals surface area (Å²) in [5.41, 5.74) is -0.221. The number of aromatic amines is 1. The van der Waals surface area contributed by atoms with Crippen molar-refractivity contribution in [3.05, 3.63) is 34.5 Å². The molecular formula is C8H7N3O3S. The maximum absolute atomic E-state index is 11.6. The number of sulfonamides is 1. The lowest BCUT2D eigenvalue weighted by Crippen LogP contribution is -2.24. The highest BCUT2D eigenvalue weighted by Gasteiger charge is 2.16. The normalized spacial score (nSPS) is 11.8. The van der Waals surface area contributed by atoms with E-state index in [1.807, 2.05) is 0 Å². The SMILES string of the molecule is NS(=O)(=O)c1n[nH]c2ccccc2c1=O. The van der Waals surface area contributed by atoms with Crippen LogP contribution < -0.4 is 10.6 Å². The maximum atomic E-state index is 11.6. The number of nitrogens with two attached hydrogens (primary N) is 1. The number of hydrogen-bond donors (Lipinski definition) is 2. The van der Waals surface area contributed by atoms with Crippen molar-refractivity contribution in [1.82, 2.24) is 10.2 Å². The molecule has 6 nitrogen and oxygen atoms in total. The van der Waals surface area contributed by atoms with Crippen molar-refractivity contribution >= 4 is 20.9 Å². The number of para-hydroxylation sites is 1. The molecule has 0 aliphatic carbocycles. The third-order valence-corrected chi connectivity index (χ3v) is 2.73. The molecule has 0 amide bonds. The average Bonchev–Trinajstić information content (AvgIpc) is 2.16. The van der Waals surface area contributed by atoms with Gasteiger partial charge in [0.1, 0.15) is 0 Å². The quantitative estimate of drug-likeness (QED) is 0.686. The van der Waals surface area contributed by atoms with E-state index >= 15 is 0 Å². The number of hydrogen-bond acceptors (Lipinski definition) is 4. The molecule has 0 fully saturated rings. The average molecular weight is 225 g/mol. The lowest BCUT2D eigenvalue weighted by molar-refractivity contribution is 0.591. The summed E-state index contributed by atoms with van der Waals surface area (Å²) in [6.45, 7) is 0. The third-order valence-electron chi connectivity index (χ3n) is 1.91. The Morgan fingerprint density at radius 1 is 1.27 bits per heavy atom. The van der Waals surface area contributed by atoms with Crippen LogP contribution in [-0.2, 0) is 10.0 Å². The van der Waals surface area contributed by atoms with Gasteiger partial charge >= 0.3 is 0 Å². The molecule has 0 aliphatic rings. The molecular weight excluding hydrogens is 218 g/mol. The number of benzene rings is 1. The lowest BCUT2D eigenvalue weighted by Gasteiger charge is -1.98. The Bertz CT molecular complexity index is 675. The van der Waals surface area contributed by atoms with Crippen LogP contribution in [0.2, 0.25) is 0 Å². The van der Waals surface area contributed by atoms with Crippen LogP contribution in [0, 0.1) is 0 Å². The van der Waals surface area contributed by atoms with E-state index in [1.54, 1.807) is 18.2 Å². The molecule has 7 heteroatoms. The van der Waals surface area contributed by atoms with E-state index in [4.69, 9.17) is 5.14 Å². The van der Waals surface area contributed by atoms with Gasteiger partial charge in [-0.05, 0) is 12.1 Å². The summed E-state index contributed by atoms with van der Waals surface area (Å²) in [4.78, 5) is 11.6. The highest BCUT2D eigenvalue weighted by molar-refractivity contribution is 7.89. The summed E-state index contributed by atoms with van der Waals surface area (Å²) in [6, 6.07) is 6.46. The summed E-state index contributed by atoms with van der Waals surface area (Å²) in [7, 11) is -4.08. The van der Waals surface area contributed by atoms with Crippen molar-refractivity contribution in [2.75, 3.05) is 0 Å². The van der Waals surface area contributed by atoms with Crippen molar-refractivity contribution in [2.45, 2.75) is 5.03 Å². The number of primary sulfonamides is 1. The first-order valence-corrected chi connectivity index (χ1v) is 5.55. The van der Waals surface area contributed by atoms with Crippen molar-refractivity contribution < 1.29 is 8.42 Å². The van der Waals surface area contributed by atoms with Gasteiger partial charge in [0.25, 0.3) is 10.0 Å². The summed E-state index contributed by atoms with van der Waals surface area (Å²) in [5.74, 6) is 0. The molecule has 15 heavy (non-hydrogen) atoms. The van der Waals surface area contributed by atoms with Crippen LogP contribution in [0.3, 0.4) is 0 Å². The molecule has 1 aromatic carbocycles. The van der Waals surface area contributed by atoms with Gasteiger partial charge in [-0.3, -0.25) is 9.89 Å². The number of nitrogens with zero attached hydrogens (tertiary/aromatic N) is 1. The van der Waals surface area contributed by atoms with E-state index in [0.717, 1.165) is 0 Å². The molecule has 78 valence electrons. The van der Waals surface area contributed by atoms with E-state index in [-0.39, 0.29) is 5.39 Å². The number of nitrogens with one attached hydrogen (secondary N) is 1. The zero-order valence-electron chi connectivity index (χ0n) is 7.47. The molecule has 0 unspecified atom stereocenters. The van der Waals surface area contributed by atoms with E-state index < -0.39 is 20.5 Å². The van der Waals surface area contributed by atoms with Crippen LogP contribution in [0.1, 0.15) is 0 Å². The highest BCUT2D eigenvalue weighted by atomic mass is 32.2. The van der Waals surface area contributed by atoms with Gasteiger partial charge < -0.3 is 0 Å². The summed E-state index contributed by atoms with van der Waals surface area (Å²) in [5, 5.41) is 10.3. The molecule has 2 rings (SSSR count). The monoisotopic (exact) mass is 225 g/mol. The van der Waals surface area contributed by atoms with Gasteiger partial charge in [-0.2, -0.15) is 5.10 Å². The first-order valence-electron chi connectivity index (χ1n) is 4.00. The van der Waals surface area contributed by atoms with Crippen LogP contribution in [-0.4, -0.2) is 18.6 Å². The van der Waals surface area contributed by atoms with Gasteiger partial charge in [-0.1, -0.05) is 12.1 Å². The molecule has 0 radical (unpaired) electrons. The number of rotatable bonds is 1. The van der Waals surface area contributed by atoms with Gasteiger partial charge in [-0.25, -0.2) is 13.6 Å². The fourth-order valence-corrected chi connectivity index (χ4v) is 1.79. The smallest absolute Gasteiger partial charge is 0.261 e. The first kappa shape index (κ1) is 9.81. The van der Waals surface area contributed by atoms with Crippen molar-refractivity contribution in [1.29, 1.82) is 0 Å². The molecule has 3 N–H and O–H groups in total. The van der Waals surface area contributed by atoms with E-state index in [0.29, 0.717) is 5.52 Å². The minimum Gasteiger partial charge on any atom is -0.286 e. The van der Waals surface area contributed by atoms with E-state index in [1.165, 1.54) is 6.07 Å².